The number of aromatic amines is 1. The number of H-pyrrole nitrogens is 1. The zero-order chi connectivity index (χ0) is 30.4. The van der Waals surface area contributed by atoms with Crippen molar-refractivity contribution in [2.24, 2.45) is 0 Å². The van der Waals surface area contributed by atoms with Gasteiger partial charge in [0.05, 0.1) is 5.56 Å². The number of para-hydroxylation sites is 1. The van der Waals surface area contributed by atoms with Crippen molar-refractivity contribution in [3.8, 4) is 0 Å². The molecular weight excluding hydrogens is 551 g/mol. The van der Waals surface area contributed by atoms with Crippen molar-refractivity contribution >= 4 is 33.5 Å². The first-order chi connectivity index (χ1) is 20.7. The minimum Gasteiger partial charge on any atom is -0.361 e. The van der Waals surface area contributed by atoms with Crippen LogP contribution in [0.4, 0.5) is 13.2 Å². The van der Waals surface area contributed by atoms with E-state index in [1.165, 1.54) is 12.1 Å². The first-order valence-corrected chi connectivity index (χ1v) is 14.5. The van der Waals surface area contributed by atoms with Crippen LogP contribution in [-0.2, 0) is 23.9 Å². The van der Waals surface area contributed by atoms with Gasteiger partial charge in [-0.1, -0.05) is 74.0 Å². The summed E-state index contributed by atoms with van der Waals surface area (Å²) < 4.78 is 39.5. The summed E-state index contributed by atoms with van der Waals surface area (Å²) in [5.74, 6) is -0.483. The van der Waals surface area contributed by atoms with Crippen LogP contribution in [0, 0.1) is 0 Å². The number of nitrogens with one attached hydrogen (secondary N) is 1. The Morgan fingerprint density at radius 2 is 1.53 bits per heavy atom. The predicted molar refractivity (Wildman–Crippen MR) is 164 cm³/mol. The second kappa shape index (κ2) is 13.2. The minimum absolute atomic E-state index is 0.125. The van der Waals surface area contributed by atoms with E-state index in [0.29, 0.717) is 30.6 Å². The van der Waals surface area contributed by atoms with Crippen LogP contribution < -0.4 is 0 Å². The number of benzene rings is 4. The number of hydrogen-bond acceptors (Lipinski definition) is 2. The molecule has 0 fully saturated rings. The van der Waals surface area contributed by atoms with Gasteiger partial charge in [0.15, 0.2) is 0 Å². The maximum absolute atomic E-state index is 13.9. The number of carbonyl (C=O) groups is 2. The Morgan fingerprint density at radius 3 is 2.28 bits per heavy atom. The first-order valence-electron chi connectivity index (χ1n) is 14.5. The largest absolute Gasteiger partial charge is 0.416 e. The molecule has 5 rings (SSSR count). The lowest BCUT2D eigenvalue weighted by Gasteiger charge is -2.28. The lowest BCUT2D eigenvalue weighted by Crippen LogP contribution is -2.43. The van der Waals surface area contributed by atoms with Crippen molar-refractivity contribution in [1.29, 1.82) is 0 Å². The van der Waals surface area contributed by atoms with Gasteiger partial charge < -0.3 is 14.8 Å². The van der Waals surface area contributed by atoms with E-state index < -0.39 is 11.7 Å². The van der Waals surface area contributed by atoms with Crippen molar-refractivity contribution in [2.75, 3.05) is 19.6 Å². The van der Waals surface area contributed by atoms with E-state index in [-0.39, 0.29) is 24.9 Å². The number of aromatic nitrogens is 1. The molecule has 1 heterocycles. The van der Waals surface area contributed by atoms with E-state index >= 15 is 0 Å². The number of hydrogen-bond donors (Lipinski definition) is 1. The van der Waals surface area contributed by atoms with Gasteiger partial charge in [0.1, 0.15) is 6.54 Å². The number of fused-ring (bicyclic) bond motifs is 2. The molecule has 0 atom stereocenters. The normalized spacial score (nSPS) is 11.6. The van der Waals surface area contributed by atoms with Crippen molar-refractivity contribution in [3.63, 3.8) is 0 Å². The third-order valence-corrected chi connectivity index (χ3v) is 7.72. The van der Waals surface area contributed by atoms with Gasteiger partial charge in [-0.05, 0) is 65.1 Å². The Hall–Kier alpha value is -4.59. The van der Waals surface area contributed by atoms with Gasteiger partial charge in [-0.25, -0.2) is 0 Å². The molecule has 0 aliphatic heterocycles. The van der Waals surface area contributed by atoms with Crippen molar-refractivity contribution in [3.05, 3.63) is 119 Å². The Kier molecular flexibility index (Phi) is 9.14. The fourth-order valence-electron chi connectivity index (χ4n) is 5.27. The van der Waals surface area contributed by atoms with Crippen LogP contribution in [0.25, 0.3) is 21.7 Å². The molecule has 0 aliphatic carbocycles. The average molecular weight is 586 g/mol. The molecule has 0 aliphatic rings. The fourth-order valence-corrected chi connectivity index (χ4v) is 5.27. The summed E-state index contributed by atoms with van der Waals surface area (Å²) >= 11 is 0. The first kappa shape index (κ1) is 29.9. The number of halogens is 3. The Morgan fingerprint density at radius 1 is 0.814 bits per heavy atom. The molecule has 1 aromatic heterocycles. The van der Waals surface area contributed by atoms with Crippen LogP contribution in [0.2, 0.25) is 0 Å². The van der Waals surface area contributed by atoms with Crippen LogP contribution in [-0.4, -0.2) is 46.2 Å². The number of carbonyl (C=O) groups excluding carboxylic acids is 2. The van der Waals surface area contributed by atoms with E-state index in [2.05, 4.69) is 4.98 Å². The van der Waals surface area contributed by atoms with Gasteiger partial charge in [-0.3, -0.25) is 9.59 Å². The monoisotopic (exact) mass is 585 g/mol. The summed E-state index contributed by atoms with van der Waals surface area (Å²) in [7, 11) is 0. The molecule has 0 saturated carbocycles. The summed E-state index contributed by atoms with van der Waals surface area (Å²) in [6, 6.07) is 26.1. The van der Waals surface area contributed by atoms with Crippen LogP contribution in [0.15, 0.2) is 97.2 Å². The highest BCUT2D eigenvalue weighted by molar-refractivity contribution is 6.00. The van der Waals surface area contributed by atoms with Crippen molar-refractivity contribution in [1.82, 2.24) is 14.8 Å². The molecule has 43 heavy (non-hydrogen) atoms. The summed E-state index contributed by atoms with van der Waals surface area (Å²) in [6.07, 6.45) is -0.384. The molecule has 0 spiro atoms. The second-order valence-electron chi connectivity index (χ2n) is 10.8. The molecule has 2 amide bonds. The average Bonchev–Trinajstić information content (AvgIpc) is 3.43. The number of unbranched alkanes of at least 4 members (excludes halogenated alkanes) is 1. The molecule has 0 unspecified atom stereocenters. The third kappa shape index (κ3) is 7.25. The molecule has 5 aromatic rings. The second-order valence-corrected chi connectivity index (χ2v) is 10.8. The maximum Gasteiger partial charge on any atom is 0.416 e. The third-order valence-electron chi connectivity index (χ3n) is 7.72. The summed E-state index contributed by atoms with van der Waals surface area (Å²) in [5, 5.41) is 3.02. The zero-order valence-electron chi connectivity index (χ0n) is 24.0. The highest BCUT2D eigenvalue weighted by Gasteiger charge is 2.30. The van der Waals surface area contributed by atoms with Gasteiger partial charge in [-0.15, -0.1) is 0 Å². The lowest BCUT2D eigenvalue weighted by atomic mass is 10.1. The van der Waals surface area contributed by atoms with Crippen LogP contribution in [0.1, 0.15) is 46.8 Å². The SMILES string of the molecule is CCCCN(CC(=O)N(CCc1c[nH]c2ccccc12)Cc1ccc(C(F)(F)F)cc1)C(=O)c1ccc2ccccc2c1. The van der Waals surface area contributed by atoms with Crippen molar-refractivity contribution < 1.29 is 22.8 Å². The van der Waals surface area contributed by atoms with Gasteiger partial charge in [0.25, 0.3) is 5.91 Å². The molecule has 222 valence electrons. The Labute approximate surface area is 248 Å². The van der Waals surface area contributed by atoms with Gasteiger partial charge in [0.2, 0.25) is 5.91 Å². The lowest BCUT2D eigenvalue weighted by molar-refractivity contribution is -0.137. The van der Waals surface area contributed by atoms with Crippen LogP contribution in [0.3, 0.4) is 0 Å². The molecule has 1 N–H and O–H groups in total. The topological polar surface area (TPSA) is 56.4 Å². The summed E-state index contributed by atoms with van der Waals surface area (Å²) in [6.45, 7) is 2.79. The van der Waals surface area contributed by atoms with E-state index in [1.54, 1.807) is 15.9 Å². The van der Waals surface area contributed by atoms with Crippen LogP contribution >= 0.6 is 0 Å². The van der Waals surface area contributed by atoms with E-state index in [0.717, 1.165) is 52.2 Å². The van der Waals surface area contributed by atoms with Gasteiger partial charge >= 0.3 is 6.18 Å². The maximum atomic E-state index is 13.9. The predicted octanol–water partition coefficient (Wildman–Crippen LogP) is 7.85. The molecular formula is C35H34F3N3O2. The van der Waals surface area contributed by atoms with Gasteiger partial charge in [-0.2, -0.15) is 13.2 Å². The smallest absolute Gasteiger partial charge is 0.361 e. The fraction of sp³-hybridized carbons (Fsp3) is 0.257. The number of alkyl halides is 3. The van der Waals surface area contributed by atoms with Crippen molar-refractivity contribution in [2.45, 2.75) is 38.9 Å². The van der Waals surface area contributed by atoms with E-state index in [4.69, 9.17) is 0 Å². The van der Waals surface area contributed by atoms with Gasteiger partial charge in [0, 0.05) is 42.3 Å². The zero-order valence-corrected chi connectivity index (χ0v) is 24.0. The molecule has 0 bridgehead atoms. The number of amides is 2. The summed E-state index contributed by atoms with van der Waals surface area (Å²) in [4.78, 5) is 34.0. The molecule has 5 nitrogen and oxygen atoms in total. The molecule has 4 aromatic carbocycles. The Balaban J connectivity index is 1.38. The highest BCUT2D eigenvalue weighted by atomic mass is 19.4. The Bertz CT molecular complexity index is 1710. The standard InChI is InChI=1S/C35H34F3N3O2/c1-2-3-19-41(34(43)28-15-14-26-8-4-5-9-27(26)21-28)24-33(42)40(23-25-12-16-30(17-13-25)35(36,37)38)20-18-29-22-39-32-11-7-6-10-31(29)32/h4-17,21-22,39H,2-3,18-20,23-24H2,1H3. The number of rotatable bonds is 11. The van der Waals surface area contributed by atoms with E-state index in [1.807, 2.05) is 73.8 Å². The molecule has 0 saturated heterocycles. The number of nitrogens with zero attached hydrogens (tertiary/aromatic N) is 2. The van der Waals surface area contributed by atoms with Crippen LogP contribution in [0.5, 0.6) is 0 Å². The highest BCUT2D eigenvalue weighted by Crippen LogP contribution is 2.29. The quantitative estimate of drug-likeness (QED) is 0.172. The minimum atomic E-state index is -4.44. The molecule has 8 heteroatoms. The summed E-state index contributed by atoms with van der Waals surface area (Å²) in [5.41, 5.74) is 2.39. The molecule has 0 radical (unpaired) electrons. The van der Waals surface area contributed by atoms with E-state index in [9.17, 15) is 22.8 Å².